The van der Waals surface area contributed by atoms with Gasteiger partial charge < -0.3 is 4.74 Å². The van der Waals surface area contributed by atoms with Crippen molar-refractivity contribution in [2.75, 3.05) is 13.0 Å². The third-order valence-corrected chi connectivity index (χ3v) is 1.52. The fourth-order valence-corrected chi connectivity index (χ4v) is 0.598. The van der Waals surface area contributed by atoms with Crippen LogP contribution in [0.2, 0.25) is 0 Å². The van der Waals surface area contributed by atoms with Crippen LogP contribution in [0.15, 0.2) is 12.2 Å². The average molecular weight is 193 g/mol. The van der Waals surface area contributed by atoms with Gasteiger partial charge in [0.15, 0.2) is 6.73 Å². The maximum absolute atomic E-state index is 10.7. The molecule has 0 rings (SSSR count). The Morgan fingerprint density at radius 2 is 2.08 bits per heavy atom. The zero-order valence-electron chi connectivity index (χ0n) is 6.96. The minimum absolute atomic E-state index is 0.227. The van der Waals surface area contributed by atoms with Gasteiger partial charge in [-0.25, -0.2) is 13.2 Å². The molecule has 0 saturated heterocycles. The second-order valence-electron chi connectivity index (χ2n) is 2.27. The van der Waals surface area contributed by atoms with E-state index in [4.69, 9.17) is 0 Å². The van der Waals surface area contributed by atoms with E-state index >= 15 is 0 Å². The largest absolute Gasteiger partial charge is 0.445 e. The van der Waals surface area contributed by atoms with Crippen LogP contribution in [0, 0.1) is 0 Å². The predicted molar refractivity (Wildman–Crippen MR) is 43.8 cm³/mol. The van der Waals surface area contributed by atoms with Crippen molar-refractivity contribution in [2.45, 2.75) is 6.92 Å². The van der Waals surface area contributed by atoms with Crippen LogP contribution in [-0.4, -0.2) is 27.4 Å². The molecule has 0 radical (unpaired) electrons. The molecule has 0 heterocycles. The molecule has 0 aliphatic rings. The van der Waals surface area contributed by atoms with Crippen LogP contribution >= 0.6 is 0 Å². The van der Waals surface area contributed by atoms with Gasteiger partial charge in [-0.1, -0.05) is 6.58 Å². The summed E-state index contributed by atoms with van der Waals surface area (Å²) in [7, 11) is -3.30. The van der Waals surface area contributed by atoms with Gasteiger partial charge in [0.05, 0.1) is 6.26 Å². The number of rotatable bonds is 4. The molecule has 6 heteroatoms. The van der Waals surface area contributed by atoms with Crippen LogP contribution in [0.4, 0.5) is 0 Å². The summed E-state index contributed by atoms with van der Waals surface area (Å²) in [5.74, 6) is -0.619. The molecule has 0 spiro atoms. The van der Waals surface area contributed by atoms with Gasteiger partial charge in [-0.15, -0.1) is 0 Å². The summed E-state index contributed by atoms with van der Waals surface area (Å²) in [6.45, 7) is 4.44. The zero-order valence-corrected chi connectivity index (χ0v) is 7.77. The summed E-state index contributed by atoms with van der Waals surface area (Å²) in [5, 5.41) is 0. The lowest BCUT2D eigenvalue weighted by Crippen LogP contribution is -2.26. The molecule has 0 atom stereocenters. The van der Waals surface area contributed by atoms with E-state index in [1.807, 2.05) is 4.72 Å². The van der Waals surface area contributed by atoms with Crippen LogP contribution in [0.25, 0.3) is 0 Å². The lowest BCUT2D eigenvalue weighted by Gasteiger charge is -2.03. The Labute approximate surface area is 71.5 Å². The molecule has 5 nitrogen and oxygen atoms in total. The maximum atomic E-state index is 10.7. The average Bonchev–Trinajstić information content (AvgIpc) is 1.84. The van der Waals surface area contributed by atoms with Gasteiger partial charge in [0.25, 0.3) is 0 Å². The Morgan fingerprint density at radius 3 is 2.42 bits per heavy atom. The van der Waals surface area contributed by atoms with E-state index in [-0.39, 0.29) is 12.3 Å². The summed E-state index contributed by atoms with van der Waals surface area (Å²) in [4.78, 5) is 10.7. The number of hydrogen-bond acceptors (Lipinski definition) is 4. The third-order valence-electron chi connectivity index (χ3n) is 0.873. The topological polar surface area (TPSA) is 72.5 Å². The minimum Gasteiger partial charge on any atom is -0.445 e. The van der Waals surface area contributed by atoms with Gasteiger partial charge in [-0.2, -0.15) is 4.72 Å². The molecule has 0 fully saturated rings. The molecule has 0 aliphatic heterocycles. The second-order valence-corrected chi connectivity index (χ2v) is 4.11. The van der Waals surface area contributed by atoms with Gasteiger partial charge in [-0.3, -0.25) is 0 Å². The first-order valence-corrected chi connectivity index (χ1v) is 4.99. The minimum atomic E-state index is -3.30. The van der Waals surface area contributed by atoms with Crippen molar-refractivity contribution >= 4 is 16.0 Å². The van der Waals surface area contributed by atoms with Crippen molar-refractivity contribution < 1.29 is 17.9 Å². The van der Waals surface area contributed by atoms with Crippen LogP contribution in [0.1, 0.15) is 6.92 Å². The first-order chi connectivity index (χ1) is 5.33. The Bertz CT molecular complexity index is 280. The molecular weight excluding hydrogens is 182 g/mol. The summed E-state index contributed by atoms with van der Waals surface area (Å²) < 4.78 is 27.4. The third kappa shape index (κ3) is 5.87. The highest BCUT2D eigenvalue weighted by atomic mass is 32.2. The van der Waals surface area contributed by atoms with Crippen LogP contribution < -0.4 is 4.72 Å². The molecule has 0 aromatic heterocycles. The first-order valence-electron chi connectivity index (χ1n) is 3.10. The molecule has 70 valence electrons. The summed E-state index contributed by atoms with van der Waals surface area (Å²) in [6, 6.07) is 0. The lowest BCUT2D eigenvalue weighted by atomic mass is 10.4. The number of hydrogen-bond donors (Lipinski definition) is 1. The summed E-state index contributed by atoms with van der Waals surface area (Å²) in [5.41, 5.74) is 0.227. The molecule has 0 aromatic rings. The van der Waals surface area contributed by atoms with Crippen LogP contribution in [-0.2, 0) is 19.6 Å². The van der Waals surface area contributed by atoms with E-state index in [0.29, 0.717) is 0 Å². The highest BCUT2D eigenvalue weighted by Gasteiger charge is 2.04. The van der Waals surface area contributed by atoms with Crippen molar-refractivity contribution in [3.05, 3.63) is 12.2 Å². The Kier molecular flexibility index (Phi) is 3.91. The molecular formula is C6H11NO4S. The quantitative estimate of drug-likeness (QED) is 0.375. The normalized spacial score (nSPS) is 10.8. The highest BCUT2D eigenvalue weighted by Crippen LogP contribution is 1.90. The van der Waals surface area contributed by atoms with Gasteiger partial charge >= 0.3 is 5.97 Å². The smallest absolute Gasteiger partial charge is 0.334 e. The number of esters is 1. The van der Waals surface area contributed by atoms with Gasteiger partial charge in [0, 0.05) is 5.57 Å². The van der Waals surface area contributed by atoms with Crippen LogP contribution in [0.3, 0.4) is 0 Å². The predicted octanol–water partition coefficient (Wildman–Crippen LogP) is -0.388. The molecule has 0 saturated carbocycles. The van der Waals surface area contributed by atoms with Crippen molar-refractivity contribution in [1.29, 1.82) is 0 Å². The summed E-state index contributed by atoms with van der Waals surface area (Å²) in [6.07, 6.45) is 0.974. The Balaban J connectivity index is 3.73. The SMILES string of the molecule is C=C(C)C(=O)OCNS(C)(=O)=O. The number of sulfonamides is 1. The van der Waals surface area contributed by atoms with E-state index in [0.717, 1.165) is 6.26 Å². The Hall–Kier alpha value is -0.880. The second kappa shape index (κ2) is 4.22. The Morgan fingerprint density at radius 1 is 1.58 bits per heavy atom. The first kappa shape index (κ1) is 11.1. The molecule has 0 aromatic carbocycles. The number of ether oxygens (including phenoxy) is 1. The number of carbonyl (C=O) groups excluding carboxylic acids is 1. The van der Waals surface area contributed by atoms with Gasteiger partial charge in [0.2, 0.25) is 10.0 Å². The number of carbonyl (C=O) groups is 1. The molecule has 0 amide bonds. The zero-order chi connectivity index (χ0) is 9.78. The van der Waals surface area contributed by atoms with E-state index in [2.05, 4.69) is 11.3 Å². The van der Waals surface area contributed by atoms with E-state index < -0.39 is 16.0 Å². The van der Waals surface area contributed by atoms with Crippen molar-refractivity contribution in [1.82, 2.24) is 4.72 Å². The van der Waals surface area contributed by atoms with Crippen LogP contribution in [0.5, 0.6) is 0 Å². The lowest BCUT2D eigenvalue weighted by molar-refractivity contribution is -0.139. The van der Waals surface area contributed by atoms with E-state index in [9.17, 15) is 13.2 Å². The fraction of sp³-hybridized carbons (Fsp3) is 0.500. The van der Waals surface area contributed by atoms with Crippen molar-refractivity contribution in [2.24, 2.45) is 0 Å². The molecule has 1 N–H and O–H groups in total. The highest BCUT2D eigenvalue weighted by molar-refractivity contribution is 7.88. The van der Waals surface area contributed by atoms with E-state index in [1.54, 1.807) is 0 Å². The molecule has 0 bridgehead atoms. The monoisotopic (exact) mass is 193 g/mol. The summed E-state index contributed by atoms with van der Waals surface area (Å²) >= 11 is 0. The van der Waals surface area contributed by atoms with Crippen molar-refractivity contribution in [3.8, 4) is 0 Å². The maximum Gasteiger partial charge on any atom is 0.334 e. The van der Waals surface area contributed by atoms with E-state index in [1.165, 1.54) is 6.92 Å². The molecule has 12 heavy (non-hydrogen) atoms. The fourth-order valence-electron chi connectivity index (χ4n) is 0.325. The van der Waals surface area contributed by atoms with Gasteiger partial charge in [0.1, 0.15) is 0 Å². The van der Waals surface area contributed by atoms with Crippen molar-refractivity contribution in [3.63, 3.8) is 0 Å². The van der Waals surface area contributed by atoms with Gasteiger partial charge in [-0.05, 0) is 6.92 Å². The number of nitrogens with one attached hydrogen (secondary N) is 1. The molecule has 0 unspecified atom stereocenters. The molecule has 0 aliphatic carbocycles. The standard InChI is InChI=1S/C6H11NO4S/c1-5(2)6(8)11-4-7-12(3,9)10/h7H,1,4H2,2-3H3.